The Balaban J connectivity index is 1.76. The highest BCUT2D eigenvalue weighted by molar-refractivity contribution is 7.20. The molecule has 0 bridgehead atoms. The number of carbonyl (C=O) groups excluding carboxylic acids is 1. The van der Waals surface area contributed by atoms with Gasteiger partial charge in [-0.25, -0.2) is 0 Å². The van der Waals surface area contributed by atoms with Gasteiger partial charge in [-0.05, 0) is 44.6 Å². The maximum Gasteiger partial charge on any atom is 0.264 e. The van der Waals surface area contributed by atoms with Crippen molar-refractivity contribution in [2.75, 3.05) is 13.7 Å². The van der Waals surface area contributed by atoms with Gasteiger partial charge in [-0.1, -0.05) is 0 Å². The molecule has 2 aromatic rings. The van der Waals surface area contributed by atoms with E-state index in [-0.39, 0.29) is 12.5 Å². The Morgan fingerprint density at radius 2 is 2.14 bits per heavy atom. The average Bonchev–Trinajstić information content (AvgIpc) is 3.08. The molecule has 6 heteroatoms. The van der Waals surface area contributed by atoms with E-state index >= 15 is 0 Å². The fourth-order valence-corrected chi connectivity index (χ4v) is 4.47. The van der Waals surface area contributed by atoms with E-state index in [4.69, 9.17) is 0 Å². The third kappa shape index (κ3) is 2.65. The number of thiophene rings is 1. The smallest absolute Gasteiger partial charge is 0.264 e. The van der Waals surface area contributed by atoms with Crippen molar-refractivity contribution < 1.29 is 9.90 Å². The van der Waals surface area contributed by atoms with Crippen molar-refractivity contribution >= 4 is 27.5 Å². The van der Waals surface area contributed by atoms with E-state index in [2.05, 4.69) is 5.10 Å². The zero-order chi connectivity index (χ0) is 15.9. The minimum atomic E-state index is 0.105. The van der Waals surface area contributed by atoms with E-state index in [1.165, 1.54) is 11.3 Å². The van der Waals surface area contributed by atoms with Gasteiger partial charge in [0, 0.05) is 32.1 Å². The molecule has 0 radical (unpaired) electrons. The molecule has 0 aliphatic heterocycles. The number of rotatable bonds is 3. The first-order chi connectivity index (χ1) is 10.5. The highest BCUT2D eigenvalue weighted by atomic mass is 32.1. The van der Waals surface area contributed by atoms with E-state index in [1.54, 1.807) is 0 Å². The molecule has 0 aromatic carbocycles. The van der Waals surface area contributed by atoms with Crippen LogP contribution in [0.2, 0.25) is 0 Å². The summed E-state index contributed by atoms with van der Waals surface area (Å²) in [5.41, 5.74) is 0.971. The molecule has 0 atom stereocenters. The first-order valence-electron chi connectivity index (χ1n) is 7.82. The van der Waals surface area contributed by atoms with Gasteiger partial charge in [0.25, 0.3) is 5.91 Å². The van der Waals surface area contributed by atoms with Gasteiger partial charge >= 0.3 is 0 Å². The van der Waals surface area contributed by atoms with Gasteiger partial charge in [0.2, 0.25) is 0 Å². The van der Waals surface area contributed by atoms with Crippen molar-refractivity contribution in [2.24, 2.45) is 13.0 Å². The second kappa shape index (κ2) is 6.01. The largest absolute Gasteiger partial charge is 0.396 e. The quantitative estimate of drug-likeness (QED) is 0.945. The zero-order valence-corrected chi connectivity index (χ0v) is 14.2. The lowest BCUT2D eigenvalue weighted by Crippen LogP contribution is -2.39. The maximum absolute atomic E-state index is 12.7. The normalized spacial score (nSPS) is 22.2. The van der Waals surface area contributed by atoms with Crippen molar-refractivity contribution in [3.8, 4) is 0 Å². The van der Waals surface area contributed by atoms with Gasteiger partial charge in [0.15, 0.2) is 0 Å². The van der Waals surface area contributed by atoms with Crippen molar-refractivity contribution in [1.29, 1.82) is 0 Å². The number of carbonyl (C=O) groups is 1. The topological polar surface area (TPSA) is 58.4 Å². The van der Waals surface area contributed by atoms with Crippen molar-refractivity contribution in [2.45, 2.75) is 38.6 Å². The summed E-state index contributed by atoms with van der Waals surface area (Å²) in [6.45, 7) is 2.25. The van der Waals surface area contributed by atoms with Crippen LogP contribution in [0.1, 0.15) is 41.0 Å². The molecule has 5 nitrogen and oxygen atoms in total. The summed E-state index contributed by atoms with van der Waals surface area (Å²) in [5.74, 6) is 0.519. The third-order valence-electron chi connectivity index (χ3n) is 4.85. The van der Waals surface area contributed by atoms with Crippen LogP contribution in [0.15, 0.2) is 6.07 Å². The summed E-state index contributed by atoms with van der Waals surface area (Å²) < 4.78 is 1.85. The predicted octanol–water partition coefficient (Wildman–Crippen LogP) is 2.57. The number of nitrogens with zero attached hydrogens (tertiary/aromatic N) is 3. The Morgan fingerprint density at radius 3 is 2.73 bits per heavy atom. The highest BCUT2D eigenvalue weighted by Gasteiger charge is 2.28. The van der Waals surface area contributed by atoms with Gasteiger partial charge in [-0.3, -0.25) is 9.48 Å². The highest BCUT2D eigenvalue weighted by Crippen LogP contribution is 2.31. The van der Waals surface area contributed by atoms with Gasteiger partial charge in [-0.15, -0.1) is 11.3 Å². The summed E-state index contributed by atoms with van der Waals surface area (Å²) in [5, 5.41) is 14.7. The van der Waals surface area contributed by atoms with Gasteiger partial charge in [-0.2, -0.15) is 5.10 Å². The van der Waals surface area contributed by atoms with Crippen LogP contribution in [0.5, 0.6) is 0 Å². The number of aryl methyl sites for hydroxylation is 2. The van der Waals surface area contributed by atoms with Crippen LogP contribution in [-0.4, -0.2) is 45.4 Å². The molecule has 1 fully saturated rings. The number of fused-ring (bicyclic) bond motifs is 1. The van der Waals surface area contributed by atoms with Crippen molar-refractivity contribution in [3.63, 3.8) is 0 Å². The van der Waals surface area contributed by atoms with E-state index < -0.39 is 0 Å². The number of hydrogen-bond acceptors (Lipinski definition) is 4. The SMILES string of the molecule is Cc1nn(C)c2sc(C(=O)N(C)C3CCC(CO)CC3)cc12. The van der Waals surface area contributed by atoms with Crippen molar-refractivity contribution in [1.82, 2.24) is 14.7 Å². The third-order valence-corrected chi connectivity index (χ3v) is 6.04. The van der Waals surface area contributed by atoms with E-state index in [0.717, 1.165) is 46.5 Å². The molecule has 120 valence electrons. The molecular weight excluding hydrogens is 298 g/mol. The molecule has 1 saturated carbocycles. The molecule has 0 saturated heterocycles. The van der Waals surface area contributed by atoms with Gasteiger partial charge in [0.1, 0.15) is 4.83 Å². The lowest BCUT2D eigenvalue weighted by atomic mass is 9.86. The van der Waals surface area contributed by atoms with Gasteiger partial charge < -0.3 is 10.0 Å². The Morgan fingerprint density at radius 1 is 1.45 bits per heavy atom. The fourth-order valence-electron chi connectivity index (χ4n) is 3.37. The maximum atomic E-state index is 12.7. The monoisotopic (exact) mass is 321 g/mol. The summed E-state index contributed by atoms with van der Waals surface area (Å²) in [6, 6.07) is 2.26. The van der Waals surface area contributed by atoms with Crippen LogP contribution in [0.3, 0.4) is 0 Å². The standard InChI is InChI=1S/C16H23N3O2S/c1-10-13-8-14(22-16(13)19(3)17-10)15(21)18(2)12-6-4-11(9-20)5-7-12/h8,11-12,20H,4-7,9H2,1-3H3. The molecule has 1 N–H and O–H groups in total. The minimum Gasteiger partial charge on any atom is -0.396 e. The number of aliphatic hydroxyl groups excluding tert-OH is 1. The lowest BCUT2D eigenvalue weighted by molar-refractivity contribution is 0.0657. The molecule has 2 aromatic heterocycles. The summed E-state index contributed by atoms with van der Waals surface area (Å²) >= 11 is 1.52. The molecule has 1 aliphatic carbocycles. The Labute approximate surface area is 134 Å². The summed E-state index contributed by atoms with van der Waals surface area (Å²) in [4.78, 5) is 16.5. The summed E-state index contributed by atoms with van der Waals surface area (Å²) in [6.07, 6.45) is 3.99. The molecule has 1 amide bonds. The van der Waals surface area contributed by atoms with Crippen LogP contribution >= 0.6 is 11.3 Å². The predicted molar refractivity (Wildman–Crippen MR) is 88.3 cm³/mol. The van der Waals surface area contributed by atoms with Crippen LogP contribution < -0.4 is 0 Å². The van der Waals surface area contributed by atoms with Crippen LogP contribution in [0.25, 0.3) is 10.2 Å². The van der Waals surface area contributed by atoms with Crippen LogP contribution in [-0.2, 0) is 7.05 Å². The number of hydrogen-bond donors (Lipinski definition) is 1. The molecule has 22 heavy (non-hydrogen) atoms. The first kappa shape index (κ1) is 15.5. The Hall–Kier alpha value is -1.40. The van der Waals surface area contributed by atoms with E-state index in [0.29, 0.717) is 12.0 Å². The second-order valence-corrected chi connectivity index (χ2v) is 7.34. The molecular formula is C16H23N3O2S. The minimum absolute atomic E-state index is 0.105. The molecule has 1 aliphatic rings. The average molecular weight is 321 g/mol. The molecule has 2 heterocycles. The van der Waals surface area contributed by atoms with E-state index in [1.807, 2.05) is 36.7 Å². The van der Waals surface area contributed by atoms with Gasteiger partial charge in [0.05, 0.1) is 10.6 Å². The molecule has 3 rings (SSSR count). The Bertz CT molecular complexity index is 648. The van der Waals surface area contributed by atoms with Crippen LogP contribution in [0.4, 0.5) is 0 Å². The second-order valence-electron chi connectivity index (χ2n) is 6.31. The molecule has 0 unspecified atom stereocenters. The zero-order valence-electron chi connectivity index (χ0n) is 13.4. The van der Waals surface area contributed by atoms with E-state index in [9.17, 15) is 9.90 Å². The number of aliphatic hydroxyl groups is 1. The fraction of sp³-hybridized carbons (Fsp3) is 0.625. The Kier molecular flexibility index (Phi) is 4.23. The molecule has 0 spiro atoms. The van der Waals surface area contributed by atoms with Crippen molar-refractivity contribution in [3.05, 3.63) is 16.6 Å². The number of aromatic nitrogens is 2. The lowest BCUT2D eigenvalue weighted by Gasteiger charge is -2.33. The summed E-state index contributed by atoms with van der Waals surface area (Å²) in [7, 11) is 3.82. The number of amides is 1. The first-order valence-corrected chi connectivity index (χ1v) is 8.64. The van der Waals surface area contributed by atoms with Crippen LogP contribution in [0, 0.1) is 12.8 Å².